The van der Waals surface area contributed by atoms with Gasteiger partial charge in [0.1, 0.15) is 24.4 Å². The van der Waals surface area contributed by atoms with E-state index in [9.17, 15) is 33.6 Å². The third kappa shape index (κ3) is 33.6. The molecule has 28 nitrogen and oxygen atoms in total. The van der Waals surface area contributed by atoms with Crippen molar-refractivity contribution in [3.8, 4) is 0 Å². The van der Waals surface area contributed by atoms with E-state index < -0.39 is 65.4 Å². The summed E-state index contributed by atoms with van der Waals surface area (Å²) in [5.41, 5.74) is 0.601. The van der Waals surface area contributed by atoms with Crippen molar-refractivity contribution in [1.29, 1.82) is 0 Å². The number of imide groups is 1. The standard InChI is InChI=1S/C57H92N8O20/c1-44(2)53(55(71)60-47(8-7-15-58-43-66)54(70)59-46-11-9-45(10-12-46)42-85-56(72)57(3,4)5)61-50(67)40-49(65-51(68)13-14-52(65)69)48-41-64(63-62-48)16-17-74-20-21-76-24-25-78-28-29-80-32-33-82-36-37-84-39-38-83-35-34-81-31-30-79-27-26-77-23-22-75-19-18-73-6/h9-14,41,43-44,47,49,53H,7-8,15-40,42H2,1-6H3,(H,58,66)(H,59,70)(H,60,71)(H,61,67)/t47-,49+,53-/m0/s1. The van der Waals surface area contributed by atoms with Crippen LogP contribution in [-0.2, 0) is 108 Å². The van der Waals surface area contributed by atoms with E-state index in [4.69, 9.17) is 61.6 Å². The van der Waals surface area contributed by atoms with Gasteiger partial charge in [-0.05, 0) is 57.2 Å². The lowest BCUT2D eigenvalue weighted by Crippen LogP contribution is -2.55. The number of rotatable bonds is 53. The van der Waals surface area contributed by atoms with Crippen LogP contribution in [-0.4, -0.2) is 240 Å². The van der Waals surface area contributed by atoms with E-state index in [1.54, 1.807) is 66.0 Å². The average Bonchev–Trinajstić information content (AvgIpc) is 4.00. The summed E-state index contributed by atoms with van der Waals surface area (Å²) in [6.45, 7) is 19.3. The summed E-state index contributed by atoms with van der Waals surface area (Å²) in [5.74, 6) is -4.03. The van der Waals surface area contributed by atoms with Crippen molar-refractivity contribution in [2.24, 2.45) is 11.3 Å². The smallest absolute Gasteiger partial charge is 0.311 e. The SMILES string of the molecule is COCCOCCOCCOCCOCCOCCOCCOCCOCCOCCOCCOCCn1cc([C@@H](CC(=O)N[C@H](C(=O)N[C@@H](CCCNC=O)C(=O)Nc2ccc(COC(=O)C(C)(C)C)cc2)C(C)C)N2C(=O)C=CC2=O)nn1. The third-order valence-electron chi connectivity index (χ3n) is 12.0. The Balaban J connectivity index is 1.27. The van der Waals surface area contributed by atoms with Crippen LogP contribution in [0, 0.1) is 11.3 Å². The van der Waals surface area contributed by atoms with E-state index >= 15 is 0 Å². The Bertz CT molecular complexity index is 2200. The first-order valence-corrected chi connectivity index (χ1v) is 28.8. The summed E-state index contributed by atoms with van der Waals surface area (Å²) in [7, 11) is 1.63. The summed E-state index contributed by atoms with van der Waals surface area (Å²) in [6.07, 6.45) is 4.23. The van der Waals surface area contributed by atoms with Crippen LogP contribution < -0.4 is 21.3 Å². The number of amides is 6. The Labute approximate surface area is 498 Å². The Morgan fingerprint density at radius 1 is 0.612 bits per heavy atom. The van der Waals surface area contributed by atoms with Gasteiger partial charge in [0.05, 0.1) is 183 Å². The lowest BCUT2D eigenvalue weighted by atomic mass is 9.97. The highest BCUT2D eigenvalue weighted by molar-refractivity contribution is 6.13. The first kappa shape index (κ1) is 73.4. The van der Waals surface area contributed by atoms with E-state index in [1.165, 1.54) is 10.9 Å². The molecule has 85 heavy (non-hydrogen) atoms. The fourth-order valence-corrected chi connectivity index (χ4v) is 7.44. The van der Waals surface area contributed by atoms with Gasteiger partial charge in [0.15, 0.2) is 0 Å². The molecule has 0 radical (unpaired) electrons. The lowest BCUT2D eigenvalue weighted by molar-refractivity contribution is -0.154. The largest absolute Gasteiger partial charge is 0.460 e. The van der Waals surface area contributed by atoms with Gasteiger partial charge in [-0.25, -0.2) is 4.68 Å². The molecule has 0 saturated carbocycles. The molecule has 0 aliphatic carbocycles. The van der Waals surface area contributed by atoms with Crippen LogP contribution in [0.3, 0.4) is 0 Å². The number of nitrogens with one attached hydrogen (secondary N) is 4. The number of anilines is 1. The van der Waals surface area contributed by atoms with Gasteiger partial charge in [-0.3, -0.25) is 38.5 Å². The summed E-state index contributed by atoms with van der Waals surface area (Å²) in [5, 5.41) is 19.1. The lowest BCUT2D eigenvalue weighted by Gasteiger charge is -2.27. The van der Waals surface area contributed by atoms with Crippen molar-refractivity contribution in [2.75, 3.05) is 171 Å². The quantitative estimate of drug-likeness (QED) is 0.0314. The zero-order valence-electron chi connectivity index (χ0n) is 50.4. The summed E-state index contributed by atoms with van der Waals surface area (Å²) < 4.78 is 72.3. The molecular formula is C57H92N8O20. The van der Waals surface area contributed by atoms with Crippen LogP contribution in [0.1, 0.15) is 71.2 Å². The molecule has 480 valence electrons. The second-order valence-electron chi connectivity index (χ2n) is 20.3. The minimum atomic E-state index is -1.18. The van der Waals surface area contributed by atoms with Crippen molar-refractivity contribution in [1.82, 2.24) is 35.8 Å². The van der Waals surface area contributed by atoms with Gasteiger partial charge in [-0.1, -0.05) is 31.2 Å². The molecule has 3 rings (SSSR count). The van der Waals surface area contributed by atoms with Gasteiger partial charge in [-0.15, -0.1) is 5.10 Å². The molecule has 2 heterocycles. The van der Waals surface area contributed by atoms with Crippen molar-refractivity contribution in [3.05, 3.63) is 53.9 Å². The number of hydrogen-bond acceptors (Lipinski definition) is 22. The number of ether oxygens (including phenoxy) is 13. The highest BCUT2D eigenvalue weighted by Crippen LogP contribution is 2.26. The van der Waals surface area contributed by atoms with Crippen LogP contribution in [0.15, 0.2) is 42.6 Å². The zero-order chi connectivity index (χ0) is 61.8. The number of carbonyl (C=O) groups excluding carboxylic acids is 7. The van der Waals surface area contributed by atoms with E-state index in [0.717, 1.165) is 17.1 Å². The van der Waals surface area contributed by atoms with Gasteiger partial charge in [0.2, 0.25) is 24.1 Å². The molecule has 1 aromatic heterocycles. The molecule has 2 aromatic rings. The van der Waals surface area contributed by atoms with Crippen molar-refractivity contribution >= 4 is 47.6 Å². The minimum absolute atomic E-state index is 0.0447. The number of methoxy groups -OCH3 is 1. The van der Waals surface area contributed by atoms with Crippen LogP contribution in [0.5, 0.6) is 0 Å². The maximum atomic E-state index is 13.9. The highest BCUT2D eigenvalue weighted by Gasteiger charge is 2.37. The maximum Gasteiger partial charge on any atom is 0.311 e. The first-order chi connectivity index (χ1) is 41.1. The number of nitrogens with zero attached hydrogens (tertiary/aromatic N) is 4. The van der Waals surface area contributed by atoms with E-state index in [2.05, 4.69) is 31.6 Å². The maximum absolute atomic E-state index is 13.9. The molecule has 1 aliphatic heterocycles. The van der Waals surface area contributed by atoms with Gasteiger partial charge >= 0.3 is 5.97 Å². The predicted octanol–water partition coefficient (Wildman–Crippen LogP) is 1.34. The molecule has 0 saturated heterocycles. The second-order valence-corrected chi connectivity index (χ2v) is 20.3. The summed E-state index contributed by atoms with van der Waals surface area (Å²) in [6, 6.07) is 3.25. The number of esters is 1. The zero-order valence-corrected chi connectivity index (χ0v) is 50.4. The summed E-state index contributed by atoms with van der Waals surface area (Å²) in [4.78, 5) is 91.2. The molecule has 0 unspecified atom stereocenters. The number of benzene rings is 1. The number of carbonyl (C=O) groups is 7. The molecule has 6 amide bonds. The molecule has 1 aromatic carbocycles. The monoisotopic (exact) mass is 1210 g/mol. The van der Waals surface area contributed by atoms with Crippen LogP contribution >= 0.6 is 0 Å². The van der Waals surface area contributed by atoms with Crippen LogP contribution in [0.2, 0.25) is 0 Å². The molecule has 3 atom stereocenters. The molecule has 4 N–H and O–H groups in total. The molecule has 0 fully saturated rings. The van der Waals surface area contributed by atoms with Crippen LogP contribution in [0.4, 0.5) is 5.69 Å². The number of hydrogen-bond donors (Lipinski definition) is 4. The normalized spacial score (nSPS) is 13.5. The second kappa shape index (κ2) is 45.4. The Morgan fingerprint density at radius 3 is 1.48 bits per heavy atom. The van der Waals surface area contributed by atoms with Crippen LogP contribution in [0.25, 0.3) is 0 Å². The third-order valence-corrected chi connectivity index (χ3v) is 12.0. The average molecular weight is 1210 g/mol. The minimum Gasteiger partial charge on any atom is -0.460 e. The van der Waals surface area contributed by atoms with E-state index in [1.807, 2.05) is 0 Å². The van der Waals surface area contributed by atoms with Crippen molar-refractivity contribution in [3.63, 3.8) is 0 Å². The first-order valence-electron chi connectivity index (χ1n) is 28.8. The highest BCUT2D eigenvalue weighted by atomic mass is 16.6. The van der Waals surface area contributed by atoms with E-state index in [-0.39, 0.29) is 51.0 Å². The van der Waals surface area contributed by atoms with Gasteiger partial charge in [0, 0.05) is 31.5 Å². The predicted molar refractivity (Wildman–Crippen MR) is 306 cm³/mol. The van der Waals surface area contributed by atoms with Crippen molar-refractivity contribution in [2.45, 2.75) is 85.2 Å². The summed E-state index contributed by atoms with van der Waals surface area (Å²) >= 11 is 0. The molecule has 28 heteroatoms. The topological polar surface area (TPSA) is 322 Å². The Morgan fingerprint density at radius 2 is 1.06 bits per heavy atom. The fraction of sp³-hybridized carbons (Fsp3) is 0.702. The fourth-order valence-electron chi connectivity index (χ4n) is 7.44. The molecular weight excluding hydrogens is 1120 g/mol. The Hall–Kier alpha value is -5.89. The van der Waals surface area contributed by atoms with Gasteiger partial charge < -0.3 is 82.8 Å². The molecule has 0 spiro atoms. The van der Waals surface area contributed by atoms with Gasteiger partial charge in [0.25, 0.3) is 11.8 Å². The molecule has 1 aliphatic rings. The Kier molecular flexibility index (Phi) is 39.2. The molecule has 0 bridgehead atoms. The van der Waals surface area contributed by atoms with Gasteiger partial charge in [-0.2, -0.15) is 0 Å². The van der Waals surface area contributed by atoms with Crippen molar-refractivity contribution < 1.29 is 95.1 Å². The van der Waals surface area contributed by atoms with E-state index in [0.29, 0.717) is 163 Å². The number of aromatic nitrogens is 3.